The lowest BCUT2D eigenvalue weighted by atomic mass is 9.77. The van der Waals surface area contributed by atoms with E-state index in [-0.39, 0.29) is 5.92 Å². The Kier molecular flexibility index (Phi) is 5.55. The summed E-state index contributed by atoms with van der Waals surface area (Å²) < 4.78 is 0. The minimum absolute atomic E-state index is 0.115. The lowest BCUT2D eigenvalue weighted by molar-refractivity contribution is -0.155. The number of carbonyl (C=O) groups is 2. The van der Waals surface area contributed by atoms with Crippen LogP contribution in [0.5, 0.6) is 0 Å². The first kappa shape index (κ1) is 15.8. The van der Waals surface area contributed by atoms with Crippen LogP contribution >= 0.6 is 0 Å². The molecule has 0 amide bonds. The molecule has 0 spiro atoms. The predicted octanol–water partition coefficient (Wildman–Crippen LogP) is 1.88. The molecule has 0 radical (unpaired) electrons. The van der Waals surface area contributed by atoms with Gasteiger partial charge in [-0.1, -0.05) is 19.9 Å². The number of Topliss-reactive ketones (excluding diaryl/α,β-unsaturated/α-hetero) is 1. The van der Waals surface area contributed by atoms with Gasteiger partial charge < -0.3 is 10.2 Å². The van der Waals surface area contributed by atoms with Gasteiger partial charge >= 0.3 is 5.97 Å². The Morgan fingerprint density at radius 3 is 2.18 bits per heavy atom. The largest absolute Gasteiger partial charge is 0.481 e. The first-order chi connectivity index (χ1) is 7.66. The number of ketones is 1. The Balaban J connectivity index is 4.81. The number of carboxylic acid groups (broad SMARTS) is 1. The Morgan fingerprint density at radius 2 is 1.82 bits per heavy atom. The van der Waals surface area contributed by atoms with Crippen LogP contribution in [0.4, 0.5) is 0 Å². The number of rotatable bonds is 7. The lowest BCUT2D eigenvalue weighted by Gasteiger charge is -2.28. The highest BCUT2D eigenvalue weighted by Gasteiger charge is 2.41. The normalized spacial score (nSPS) is 17.0. The highest BCUT2D eigenvalue weighted by molar-refractivity contribution is 6.03. The number of hydrogen-bond acceptors (Lipinski definition) is 3. The van der Waals surface area contributed by atoms with Crippen molar-refractivity contribution in [2.24, 2.45) is 17.3 Å². The molecular formula is C13H22O4. The van der Waals surface area contributed by atoms with Gasteiger partial charge in [-0.3, -0.25) is 9.59 Å². The van der Waals surface area contributed by atoms with Crippen LogP contribution in [-0.2, 0) is 9.59 Å². The van der Waals surface area contributed by atoms with Crippen molar-refractivity contribution in [3.05, 3.63) is 12.7 Å². The molecule has 0 aliphatic heterocycles. The minimum Gasteiger partial charge on any atom is -0.481 e. The molecule has 0 saturated heterocycles. The van der Waals surface area contributed by atoms with E-state index in [9.17, 15) is 14.7 Å². The minimum atomic E-state index is -1.46. The summed E-state index contributed by atoms with van der Waals surface area (Å²) in [7, 11) is 0. The van der Waals surface area contributed by atoms with Gasteiger partial charge in [0.15, 0.2) is 5.78 Å². The maximum Gasteiger partial charge on any atom is 0.316 e. The monoisotopic (exact) mass is 242 g/mol. The van der Waals surface area contributed by atoms with E-state index in [1.54, 1.807) is 13.0 Å². The number of aliphatic hydroxyl groups excluding tert-OH is 1. The van der Waals surface area contributed by atoms with Crippen LogP contribution in [0.3, 0.4) is 0 Å². The summed E-state index contributed by atoms with van der Waals surface area (Å²) >= 11 is 0. The zero-order valence-electron chi connectivity index (χ0n) is 10.9. The number of hydrogen-bond donors (Lipinski definition) is 2. The quantitative estimate of drug-likeness (QED) is 0.528. The molecule has 2 unspecified atom stereocenters. The molecule has 0 aromatic heterocycles. The molecule has 2 N–H and O–H groups in total. The molecule has 0 aromatic rings. The average molecular weight is 242 g/mol. The number of allylic oxidation sites excluding steroid dienone is 1. The Morgan fingerprint density at radius 1 is 1.35 bits per heavy atom. The van der Waals surface area contributed by atoms with Crippen LogP contribution in [0.2, 0.25) is 0 Å². The van der Waals surface area contributed by atoms with Gasteiger partial charge in [-0.2, -0.15) is 0 Å². The van der Waals surface area contributed by atoms with E-state index < -0.39 is 29.2 Å². The van der Waals surface area contributed by atoms with Gasteiger partial charge in [0, 0.05) is 5.92 Å². The fraction of sp³-hybridized carbons (Fsp3) is 0.692. The molecule has 4 nitrogen and oxygen atoms in total. The van der Waals surface area contributed by atoms with Crippen LogP contribution in [0.1, 0.15) is 34.1 Å². The second kappa shape index (κ2) is 5.96. The van der Waals surface area contributed by atoms with Crippen LogP contribution < -0.4 is 0 Å². The Hall–Kier alpha value is -1.16. The van der Waals surface area contributed by atoms with Crippen LogP contribution in [0.25, 0.3) is 0 Å². The maximum atomic E-state index is 12.0. The van der Waals surface area contributed by atoms with Crippen LogP contribution in [0.15, 0.2) is 12.7 Å². The third-order valence-corrected chi connectivity index (χ3v) is 3.20. The summed E-state index contributed by atoms with van der Waals surface area (Å²) in [4.78, 5) is 23.0. The van der Waals surface area contributed by atoms with Crippen molar-refractivity contribution in [1.82, 2.24) is 0 Å². The van der Waals surface area contributed by atoms with Gasteiger partial charge in [0.1, 0.15) is 5.41 Å². The zero-order valence-corrected chi connectivity index (χ0v) is 10.9. The van der Waals surface area contributed by atoms with Crippen molar-refractivity contribution in [3.63, 3.8) is 0 Å². The zero-order chi connectivity index (χ0) is 13.8. The lowest BCUT2D eigenvalue weighted by Crippen LogP contribution is -2.42. The van der Waals surface area contributed by atoms with Gasteiger partial charge in [0.05, 0.1) is 6.10 Å². The molecule has 3 atom stereocenters. The second-order valence-electron chi connectivity index (χ2n) is 5.08. The molecular weight excluding hydrogens is 220 g/mol. The van der Waals surface area contributed by atoms with Gasteiger partial charge in [-0.25, -0.2) is 0 Å². The summed E-state index contributed by atoms with van der Waals surface area (Å²) in [5.74, 6) is -2.43. The maximum absolute atomic E-state index is 12.0. The molecule has 0 rings (SSSR count). The molecule has 0 fully saturated rings. The summed E-state index contributed by atoms with van der Waals surface area (Å²) in [6, 6.07) is 0. The van der Waals surface area contributed by atoms with E-state index in [2.05, 4.69) is 6.58 Å². The molecule has 0 saturated carbocycles. The number of aliphatic carboxylic acids is 1. The van der Waals surface area contributed by atoms with E-state index in [4.69, 9.17) is 5.11 Å². The van der Waals surface area contributed by atoms with E-state index in [1.165, 1.54) is 13.8 Å². The van der Waals surface area contributed by atoms with Gasteiger partial charge in [-0.15, -0.1) is 6.58 Å². The molecule has 0 aromatic carbocycles. The molecule has 0 aliphatic carbocycles. The van der Waals surface area contributed by atoms with Crippen molar-refractivity contribution in [2.75, 3.05) is 0 Å². The fourth-order valence-corrected chi connectivity index (χ4v) is 1.72. The number of aliphatic hydroxyl groups is 1. The summed E-state index contributed by atoms with van der Waals surface area (Å²) in [6.45, 7) is 9.67. The van der Waals surface area contributed by atoms with Gasteiger partial charge in [-0.05, 0) is 26.2 Å². The van der Waals surface area contributed by atoms with Crippen molar-refractivity contribution in [1.29, 1.82) is 0 Å². The molecule has 0 heterocycles. The summed E-state index contributed by atoms with van der Waals surface area (Å²) in [5, 5.41) is 18.9. The van der Waals surface area contributed by atoms with E-state index >= 15 is 0 Å². The van der Waals surface area contributed by atoms with E-state index in [1.807, 2.05) is 6.92 Å². The number of carboxylic acids is 1. The molecule has 0 aliphatic rings. The smallest absolute Gasteiger partial charge is 0.316 e. The van der Waals surface area contributed by atoms with Gasteiger partial charge in [0.2, 0.25) is 0 Å². The van der Waals surface area contributed by atoms with E-state index in [0.29, 0.717) is 6.42 Å². The molecule has 0 bridgehead atoms. The standard InChI is InChI=1S/C13H22O4/c1-6-7-8(2)10(14)9(3)11(15)13(4,5)12(16)17/h6,8-10,14H,1,7H2,2-5H3,(H,16,17)/t8?,9?,10-/m0/s1. The predicted molar refractivity (Wildman–Crippen MR) is 65.6 cm³/mol. The summed E-state index contributed by atoms with van der Waals surface area (Å²) in [6.07, 6.45) is 1.42. The number of carbonyl (C=O) groups excluding carboxylic acids is 1. The average Bonchev–Trinajstić information content (AvgIpc) is 2.25. The van der Waals surface area contributed by atoms with E-state index in [0.717, 1.165) is 0 Å². The van der Waals surface area contributed by atoms with Crippen LogP contribution in [0, 0.1) is 17.3 Å². The van der Waals surface area contributed by atoms with Crippen molar-refractivity contribution in [3.8, 4) is 0 Å². The topological polar surface area (TPSA) is 74.6 Å². The highest BCUT2D eigenvalue weighted by Crippen LogP contribution is 2.26. The van der Waals surface area contributed by atoms with Crippen molar-refractivity contribution < 1.29 is 19.8 Å². The van der Waals surface area contributed by atoms with Crippen molar-refractivity contribution >= 4 is 11.8 Å². The molecule has 98 valence electrons. The third-order valence-electron chi connectivity index (χ3n) is 3.20. The molecule has 17 heavy (non-hydrogen) atoms. The first-order valence-electron chi connectivity index (χ1n) is 5.72. The summed E-state index contributed by atoms with van der Waals surface area (Å²) in [5.41, 5.74) is -1.46. The second-order valence-corrected chi connectivity index (χ2v) is 5.08. The van der Waals surface area contributed by atoms with Crippen LogP contribution in [-0.4, -0.2) is 28.1 Å². The van der Waals surface area contributed by atoms with Gasteiger partial charge in [0.25, 0.3) is 0 Å². The highest BCUT2D eigenvalue weighted by atomic mass is 16.4. The Bertz CT molecular complexity index is 307. The first-order valence-corrected chi connectivity index (χ1v) is 5.72. The SMILES string of the molecule is C=CCC(C)[C@H](O)C(C)C(=O)C(C)(C)C(=O)O. The Labute approximate surface area is 102 Å². The fourth-order valence-electron chi connectivity index (χ4n) is 1.72. The molecule has 4 heteroatoms. The van der Waals surface area contributed by atoms with Crippen molar-refractivity contribution in [2.45, 2.75) is 40.2 Å². The third kappa shape index (κ3) is 3.66.